The molecular weight excluding hydrogens is 364 g/mol. The smallest absolute Gasteiger partial charge is 0.233 e. The Balaban J connectivity index is 1.79. The summed E-state index contributed by atoms with van der Waals surface area (Å²) in [5, 5.41) is 0. The molecule has 3 aromatic carbocycles. The summed E-state index contributed by atoms with van der Waals surface area (Å²) in [7, 11) is 0. The van der Waals surface area contributed by atoms with Gasteiger partial charge in [0.2, 0.25) is 0 Å². The maximum absolute atomic E-state index is 2.49. The maximum Gasteiger partial charge on any atom is 0.266 e. The van der Waals surface area contributed by atoms with Crippen LogP contribution in [-0.4, -0.2) is 4.57 Å². The SMILES string of the molecule is CCCn1cc(CC(C)c2ccccc2)[n+](-c2ccccc2)c1Cc1ccccc1. The highest BCUT2D eigenvalue weighted by Gasteiger charge is 2.26. The van der Waals surface area contributed by atoms with Crippen LogP contribution in [0.5, 0.6) is 0 Å². The highest BCUT2D eigenvalue weighted by atomic mass is 15.2. The van der Waals surface area contributed by atoms with E-state index in [1.807, 2.05) is 0 Å². The molecule has 2 nitrogen and oxygen atoms in total. The van der Waals surface area contributed by atoms with Crippen molar-refractivity contribution in [3.05, 3.63) is 120 Å². The zero-order valence-corrected chi connectivity index (χ0v) is 18.0. The second-order valence-corrected chi connectivity index (χ2v) is 8.08. The van der Waals surface area contributed by atoms with Crippen molar-refractivity contribution in [2.45, 2.75) is 45.6 Å². The second-order valence-electron chi connectivity index (χ2n) is 8.08. The largest absolute Gasteiger partial charge is 0.266 e. The number of nitrogens with zero attached hydrogens (tertiary/aromatic N) is 2. The Labute approximate surface area is 180 Å². The van der Waals surface area contributed by atoms with Gasteiger partial charge in [0.05, 0.1) is 13.0 Å². The summed E-state index contributed by atoms with van der Waals surface area (Å²) in [6.45, 7) is 5.62. The molecule has 1 atom stereocenters. The predicted octanol–water partition coefficient (Wildman–Crippen LogP) is 6.11. The third-order valence-corrected chi connectivity index (χ3v) is 5.75. The molecule has 152 valence electrons. The van der Waals surface area contributed by atoms with Crippen LogP contribution in [0.1, 0.15) is 48.8 Å². The van der Waals surface area contributed by atoms with Crippen molar-refractivity contribution >= 4 is 0 Å². The lowest BCUT2D eigenvalue weighted by molar-refractivity contribution is -0.612. The fraction of sp³-hybridized carbons (Fsp3) is 0.250. The first-order valence-electron chi connectivity index (χ1n) is 11.0. The van der Waals surface area contributed by atoms with Gasteiger partial charge in [0.1, 0.15) is 17.6 Å². The molecule has 0 amide bonds. The average Bonchev–Trinajstić information content (AvgIpc) is 3.12. The number of para-hydroxylation sites is 1. The minimum absolute atomic E-state index is 0.461. The van der Waals surface area contributed by atoms with E-state index in [1.165, 1.54) is 28.3 Å². The van der Waals surface area contributed by atoms with Crippen molar-refractivity contribution in [3.63, 3.8) is 0 Å². The van der Waals surface area contributed by atoms with Gasteiger partial charge >= 0.3 is 0 Å². The summed E-state index contributed by atoms with van der Waals surface area (Å²) in [6, 6.07) is 32.5. The van der Waals surface area contributed by atoms with E-state index in [1.54, 1.807) is 0 Å². The predicted molar refractivity (Wildman–Crippen MR) is 124 cm³/mol. The van der Waals surface area contributed by atoms with E-state index in [9.17, 15) is 0 Å². The Morgan fingerprint density at radius 2 is 1.40 bits per heavy atom. The Kier molecular flexibility index (Phi) is 6.44. The third-order valence-electron chi connectivity index (χ3n) is 5.75. The first kappa shape index (κ1) is 20.2. The molecule has 0 aliphatic rings. The molecule has 0 saturated heterocycles. The third kappa shape index (κ3) is 4.54. The zero-order valence-electron chi connectivity index (χ0n) is 18.0. The summed E-state index contributed by atoms with van der Waals surface area (Å²) in [4.78, 5) is 0. The van der Waals surface area contributed by atoms with Crippen molar-refractivity contribution in [1.29, 1.82) is 0 Å². The topological polar surface area (TPSA) is 8.81 Å². The molecule has 0 N–H and O–H groups in total. The molecule has 1 aromatic heterocycles. The fourth-order valence-corrected chi connectivity index (χ4v) is 4.25. The first-order valence-corrected chi connectivity index (χ1v) is 11.0. The molecule has 4 aromatic rings. The van der Waals surface area contributed by atoms with Gasteiger partial charge < -0.3 is 0 Å². The van der Waals surface area contributed by atoms with Gasteiger partial charge in [-0.25, -0.2) is 4.57 Å². The molecule has 0 aliphatic carbocycles. The number of aryl methyl sites for hydroxylation is 1. The summed E-state index contributed by atoms with van der Waals surface area (Å²) in [5.74, 6) is 1.81. The summed E-state index contributed by atoms with van der Waals surface area (Å²) in [6.07, 6.45) is 5.44. The van der Waals surface area contributed by atoms with Crippen molar-refractivity contribution in [2.75, 3.05) is 0 Å². The van der Waals surface area contributed by atoms with Crippen LogP contribution in [0.2, 0.25) is 0 Å². The van der Waals surface area contributed by atoms with Gasteiger partial charge in [0.15, 0.2) is 0 Å². The Hall–Kier alpha value is -3.13. The van der Waals surface area contributed by atoms with Crippen LogP contribution < -0.4 is 4.57 Å². The van der Waals surface area contributed by atoms with E-state index in [4.69, 9.17) is 0 Å². The molecule has 4 rings (SSSR count). The van der Waals surface area contributed by atoms with Crippen molar-refractivity contribution < 1.29 is 4.57 Å². The molecule has 0 radical (unpaired) electrons. The van der Waals surface area contributed by atoms with Gasteiger partial charge in [-0.1, -0.05) is 92.7 Å². The summed E-state index contributed by atoms with van der Waals surface area (Å²) < 4.78 is 4.95. The van der Waals surface area contributed by atoms with E-state index in [0.29, 0.717) is 5.92 Å². The molecule has 0 aliphatic heterocycles. The van der Waals surface area contributed by atoms with E-state index < -0.39 is 0 Å². The van der Waals surface area contributed by atoms with E-state index in [-0.39, 0.29) is 0 Å². The first-order chi connectivity index (χ1) is 14.8. The molecule has 0 spiro atoms. The lowest BCUT2D eigenvalue weighted by Gasteiger charge is -2.11. The van der Waals surface area contributed by atoms with Gasteiger partial charge in [-0.05, 0) is 35.6 Å². The van der Waals surface area contributed by atoms with Crippen LogP contribution in [0.25, 0.3) is 5.69 Å². The molecule has 0 bridgehead atoms. The van der Waals surface area contributed by atoms with Crippen LogP contribution in [0, 0.1) is 0 Å². The van der Waals surface area contributed by atoms with Crippen LogP contribution in [0.3, 0.4) is 0 Å². The standard InChI is InChI=1S/C28H31N2/c1-3-19-29-22-27(20-23(2)25-15-9-5-10-16-25)30(26-17-11-6-12-18-26)28(29)21-24-13-7-4-8-14-24/h4-18,22-23H,3,19-21H2,1-2H3/q+1. The van der Waals surface area contributed by atoms with Crippen LogP contribution in [-0.2, 0) is 19.4 Å². The van der Waals surface area contributed by atoms with Crippen molar-refractivity contribution in [1.82, 2.24) is 4.57 Å². The lowest BCUT2D eigenvalue weighted by atomic mass is 9.96. The van der Waals surface area contributed by atoms with Crippen LogP contribution in [0.4, 0.5) is 0 Å². The Morgan fingerprint density at radius 1 is 0.800 bits per heavy atom. The minimum Gasteiger partial charge on any atom is -0.233 e. The number of hydrogen-bond donors (Lipinski definition) is 0. The number of aromatic nitrogens is 2. The van der Waals surface area contributed by atoms with Gasteiger partial charge in [-0.2, -0.15) is 4.57 Å². The summed E-state index contributed by atoms with van der Waals surface area (Å²) >= 11 is 0. The van der Waals surface area contributed by atoms with Gasteiger partial charge in [0.25, 0.3) is 5.82 Å². The molecular formula is C28H31N2+. The highest BCUT2D eigenvalue weighted by molar-refractivity contribution is 5.26. The van der Waals surface area contributed by atoms with Crippen molar-refractivity contribution in [2.24, 2.45) is 0 Å². The van der Waals surface area contributed by atoms with Crippen LogP contribution >= 0.6 is 0 Å². The lowest BCUT2D eigenvalue weighted by Crippen LogP contribution is -2.39. The Morgan fingerprint density at radius 3 is 2.03 bits per heavy atom. The zero-order chi connectivity index (χ0) is 20.8. The molecule has 0 fully saturated rings. The monoisotopic (exact) mass is 395 g/mol. The van der Waals surface area contributed by atoms with E-state index >= 15 is 0 Å². The second kappa shape index (κ2) is 9.58. The number of imidazole rings is 1. The Bertz CT molecular complexity index is 1050. The number of benzene rings is 3. The van der Waals surface area contributed by atoms with Gasteiger partial charge in [0, 0.05) is 6.42 Å². The molecule has 0 saturated carbocycles. The highest BCUT2D eigenvalue weighted by Crippen LogP contribution is 2.21. The molecule has 1 unspecified atom stereocenters. The number of rotatable bonds is 8. The van der Waals surface area contributed by atoms with Crippen molar-refractivity contribution in [3.8, 4) is 5.69 Å². The maximum atomic E-state index is 2.49. The quantitative estimate of drug-likeness (QED) is 0.318. The molecule has 2 heteroatoms. The van der Waals surface area contributed by atoms with Gasteiger partial charge in [-0.15, -0.1) is 0 Å². The molecule has 1 heterocycles. The van der Waals surface area contributed by atoms with Gasteiger partial charge in [-0.3, -0.25) is 0 Å². The minimum atomic E-state index is 0.461. The summed E-state index contributed by atoms with van der Waals surface area (Å²) in [5.41, 5.74) is 5.36. The average molecular weight is 396 g/mol. The van der Waals surface area contributed by atoms with E-state index in [2.05, 4.69) is 120 Å². The number of hydrogen-bond acceptors (Lipinski definition) is 0. The van der Waals surface area contributed by atoms with E-state index in [0.717, 1.165) is 25.8 Å². The fourth-order valence-electron chi connectivity index (χ4n) is 4.25. The van der Waals surface area contributed by atoms with Crippen LogP contribution in [0.15, 0.2) is 97.2 Å². The normalized spacial score (nSPS) is 12.1. The molecule has 30 heavy (non-hydrogen) atoms.